The minimum absolute atomic E-state index is 0.402. The van der Waals surface area contributed by atoms with Crippen LogP contribution in [-0.4, -0.2) is 21.3 Å². The van der Waals surface area contributed by atoms with Crippen LogP contribution in [0.5, 0.6) is 0 Å². The number of hydrogen-bond donors (Lipinski definition) is 0. The molecular weight excluding hydrogens is 214 g/mol. The number of hydrogen-bond acceptors (Lipinski definition) is 3. The molecule has 0 radical (unpaired) electrons. The van der Waals surface area contributed by atoms with Crippen LogP contribution in [0.2, 0.25) is 0 Å². The molecule has 2 aliphatic carbocycles. The summed E-state index contributed by atoms with van der Waals surface area (Å²) in [5.41, 5.74) is 1.63. The number of carbonyl (C=O) groups is 1. The van der Waals surface area contributed by atoms with E-state index < -0.39 is 0 Å². The van der Waals surface area contributed by atoms with E-state index in [0.29, 0.717) is 11.7 Å². The maximum absolute atomic E-state index is 11.0. The van der Waals surface area contributed by atoms with Crippen molar-refractivity contribution in [2.45, 2.75) is 51.5 Å². The highest BCUT2D eigenvalue weighted by molar-refractivity contribution is 5.73. The highest BCUT2D eigenvalue weighted by atomic mass is 16.1. The van der Waals surface area contributed by atoms with Crippen molar-refractivity contribution in [3.05, 3.63) is 11.4 Å². The van der Waals surface area contributed by atoms with E-state index in [1.165, 1.54) is 32.1 Å². The lowest BCUT2D eigenvalue weighted by Crippen LogP contribution is -2.25. The molecule has 1 atom stereocenters. The monoisotopic (exact) mass is 233 g/mol. The van der Waals surface area contributed by atoms with Gasteiger partial charge >= 0.3 is 0 Å². The van der Waals surface area contributed by atoms with Crippen molar-refractivity contribution in [3.63, 3.8) is 0 Å². The molecule has 4 nitrogen and oxygen atoms in total. The summed E-state index contributed by atoms with van der Waals surface area (Å²) >= 11 is 0. The minimum Gasteiger partial charge on any atom is -0.296 e. The Labute approximate surface area is 101 Å². The summed E-state index contributed by atoms with van der Waals surface area (Å²) in [5.74, 6) is 1.49. The zero-order valence-corrected chi connectivity index (χ0v) is 10.3. The lowest BCUT2D eigenvalue weighted by molar-refractivity contribution is 0.111. The van der Waals surface area contributed by atoms with Crippen molar-refractivity contribution >= 4 is 6.29 Å². The predicted molar refractivity (Wildman–Crippen MR) is 63.9 cm³/mol. The average Bonchev–Trinajstić information content (AvgIpc) is 2.94. The summed E-state index contributed by atoms with van der Waals surface area (Å²) in [5, 5.41) is 8.23. The molecule has 3 rings (SSSR count). The van der Waals surface area contributed by atoms with E-state index in [1.807, 2.05) is 4.68 Å². The maximum atomic E-state index is 11.0. The molecule has 0 spiro atoms. The van der Waals surface area contributed by atoms with Crippen molar-refractivity contribution in [2.75, 3.05) is 0 Å². The molecule has 1 unspecified atom stereocenters. The quantitative estimate of drug-likeness (QED) is 0.734. The Hall–Kier alpha value is -1.19. The second-order valence-corrected chi connectivity index (χ2v) is 5.56. The first-order valence-electron chi connectivity index (χ1n) is 6.69. The van der Waals surface area contributed by atoms with Gasteiger partial charge in [0.15, 0.2) is 6.29 Å². The van der Waals surface area contributed by atoms with Crippen LogP contribution in [0.3, 0.4) is 0 Å². The van der Waals surface area contributed by atoms with Crippen molar-refractivity contribution in [1.29, 1.82) is 0 Å². The molecule has 2 saturated carbocycles. The van der Waals surface area contributed by atoms with E-state index in [-0.39, 0.29) is 0 Å². The molecule has 1 heterocycles. The number of aromatic nitrogens is 3. The van der Waals surface area contributed by atoms with Gasteiger partial charge in [0.25, 0.3) is 0 Å². The highest BCUT2D eigenvalue weighted by Gasteiger charge is 2.31. The van der Waals surface area contributed by atoms with Gasteiger partial charge in [-0.2, -0.15) is 0 Å². The number of aldehydes is 1. The fraction of sp³-hybridized carbons (Fsp3) is 0.769. The third-order valence-electron chi connectivity index (χ3n) is 4.33. The maximum Gasteiger partial charge on any atom is 0.172 e. The molecular formula is C13H19N3O. The van der Waals surface area contributed by atoms with Crippen LogP contribution < -0.4 is 0 Å². The lowest BCUT2D eigenvalue weighted by Gasteiger charge is -2.32. The van der Waals surface area contributed by atoms with Gasteiger partial charge in [-0.1, -0.05) is 11.6 Å². The van der Waals surface area contributed by atoms with Crippen LogP contribution in [-0.2, 0) is 6.42 Å². The highest BCUT2D eigenvalue weighted by Crippen LogP contribution is 2.38. The SMILES string of the molecule is CC(C1CCC1)n1nnc(C=O)c1CC1CC1. The van der Waals surface area contributed by atoms with Crippen LogP contribution in [0, 0.1) is 11.8 Å². The molecule has 1 aromatic heterocycles. The van der Waals surface area contributed by atoms with Crippen LogP contribution in [0.1, 0.15) is 61.3 Å². The van der Waals surface area contributed by atoms with E-state index >= 15 is 0 Å². The molecule has 2 aliphatic rings. The Balaban J connectivity index is 1.85. The van der Waals surface area contributed by atoms with Crippen LogP contribution in [0.25, 0.3) is 0 Å². The van der Waals surface area contributed by atoms with Gasteiger partial charge in [-0.05, 0) is 50.9 Å². The molecule has 0 saturated heterocycles. The third kappa shape index (κ3) is 2.01. The fourth-order valence-electron chi connectivity index (χ4n) is 2.66. The Kier molecular flexibility index (Phi) is 2.73. The molecule has 2 fully saturated rings. The van der Waals surface area contributed by atoms with Gasteiger partial charge < -0.3 is 0 Å². The number of carbonyl (C=O) groups excluding carboxylic acids is 1. The van der Waals surface area contributed by atoms with E-state index in [1.54, 1.807) is 0 Å². The smallest absolute Gasteiger partial charge is 0.172 e. The van der Waals surface area contributed by atoms with Crippen LogP contribution in [0.4, 0.5) is 0 Å². The van der Waals surface area contributed by atoms with Gasteiger partial charge in [-0.3, -0.25) is 4.79 Å². The minimum atomic E-state index is 0.402. The van der Waals surface area contributed by atoms with Gasteiger partial charge in [0, 0.05) is 0 Å². The third-order valence-corrected chi connectivity index (χ3v) is 4.33. The fourth-order valence-corrected chi connectivity index (χ4v) is 2.66. The van der Waals surface area contributed by atoms with E-state index in [4.69, 9.17) is 0 Å². The van der Waals surface area contributed by atoms with Gasteiger partial charge in [-0.15, -0.1) is 5.10 Å². The summed E-state index contributed by atoms with van der Waals surface area (Å²) < 4.78 is 2.02. The summed E-state index contributed by atoms with van der Waals surface area (Å²) in [7, 11) is 0. The van der Waals surface area contributed by atoms with Crippen molar-refractivity contribution < 1.29 is 4.79 Å². The second-order valence-electron chi connectivity index (χ2n) is 5.56. The largest absolute Gasteiger partial charge is 0.296 e. The Morgan fingerprint density at radius 3 is 2.71 bits per heavy atom. The zero-order valence-electron chi connectivity index (χ0n) is 10.3. The summed E-state index contributed by atoms with van der Waals surface area (Å²) in [6.45, 7) is 2.21. The molecule has 0 aliphatic heterocycles. The van der Waals surface area contributed by atoms with Gasteiger partial charge in [-0.25, -0.2) is 4.68 Å². The molecule has 17 heavy (non-hydrogen) atoms. The van der Waals surface area contributed by atoms with Crippen LogP contribution >= 0.6 is 0 Å². The van der Waals surface area contributed by atoms with E-state index in [9.17, 15) is 4.79 Å². The summed E-state index contributed by atoms with van der Waals surface area (Å²) in [4.78, 5) is 11.0. The molecule has 0 amide bonds. The Morgan fingerprint density at radius 1 is 1.41 bits per heavy atom. The molecule has 4 heteroatoms. The summed E-state index contributed by atoms with van der Waals surface area (Å²) in [6.07, 6.45) is 8.35. The van der Waals surface area contributed by atoms with Crippen LogP contribution in [0.15, 0.2) is 0 Å². The Bertz CT molecular complexity index is 418. The number of rotatable bonds is 5. The molecule has 92 valence electrons. The summed E-state index contributed by atoms with van der Waals surface area (Å²) in [6, 6.07) is 0.402. The molecule has 1 aromatic rings. The predicted octanol–water partition coefficient (Wildman–Crippen LogP) is 2.40. The van der Waals surface area contributed by atoms with Gasteiger partial charge in [0.05, 0.1) is 11.7 Å². The van der Waals surface area contributed by atoms with Gasteiger partial charge in [0.2, 0.25) is 0 Å². The first-order valence-corrected chi connectivity index (χ1v) is 6.69. The van der Waals surface area contributed by atoms with Crippen molar-refractivity contribution in [2.24, 2.45) is 11.8 Å². The van der Waals surface area contributed by atoms with E-state index in [2.05, 4.69) is 17.2 Å². The first-order chi connectivity index (χ1) is 8.29. The normalized spacial score (nSPS) is 22.2. The molecule has 0 N–H and O–H groups in total. The standard InChI is InChI=1S/C13H19N3O/c1-9(11-3-2-4-11)16-13(7-10-5-6-10)12(8-17)14-15-16/h8-11H,2-7H2,1H3. The number of nitrogens with zero attached hydrogens (tertiary/aromatic N) is 3. The zero-order chi connectivity index (χ0) is 11.8. The molecule has 0 aromatic carbocycles. The topological polar surface area (TPSA) is 47.8 Å². The molecule has 0 bridgehead atoms. The second kappa shape index (κ2) is 4.24. The van der Waals surface area contributed by atoms with Gasteiger partial charge in [0.1, 0.15) is 5.69 Å². The van der Waals surface area contributed by atoms with Crippen molar-refractivity contribution in [3.8, 4) is 0 Å². The Morgan fingerprint density at radius 2 is 2.18 bits per heavy atom. The average molecular weight is 233 g/mol. The van der Waals surface area contributed by atoms with E-state index in [0.717, 1.165) is 30.2 Å². The first kappa shape index (κ1) is 10.9. The van der Waals surface area contributed by atoms with Crippen molar-refractivity contribution in [1.82, 2.24) is 15.0 Å². The lowest BCUT2D eigenvalue weighted by atomic mass is 9.80.